The minimum atomic E-state index is 0.480. The van der Waals surface area contributed by atoms with Gasteiger partial charge in [-0.3, -0.25) is 0 Å². The Bertz CT molecular complexity index is 438. The summed E-state index contributed by atoms with van der Waals surface area (Å²) in [5.74, 6) is 1.76. The topological polar surface area (TPSA) is 24.5 Å². The molecule has 2 heterocycles. The number of nitrogens with one attached hydrogen (secondary N) is 1. The first-order valence-electron chi connectivity index (χ1n) is 7.47. The first kappa shape index (κ1) is 12.8. The van der Waals surface area contributed by atoms with Crippen LogP contribution in [0.2, 0.25) is 0 Å². The number of piperidine rings is 1. The van der Waals surface area contributed by atoms with Gasteiger partial charge in [0.2, 0.25) is 0 Å². The second-order valence-corrected chi connectivity index (χ2v) is 5.89. The Labute approximate surface area is 115 Å². The zero-order chi connectivity index (χ0) is 13.2. The molecule has 1 aromatic rings. The van der Waals surface area contributed by atoms with E-state index < -0.39 is 0 Å². The SMILES string of the molecule is CCc1ccc2c(c1)NC(C1CCN(C)CC1)CO2. The van der Waals surface area contributed by atoms with Gasteiger partial charge >= 0.3 is 0 Å². The van der Waals surface area contributed by atoms with Crippen LogP contribution in [0, 0.1) is 5.92 Å². The Morgan fingerprint density at radius 2 is 2.11 bits per heavy atom. The average molecular weight is 260 g/mol. The Morgan fingerprint density at radius 3 is 2.84 bits per heavy atom. The van der Waals surface area contributed by atoms with E-state index in [1.165, 1.54) is 37.2 Å². The molecular formula is C16H24N2O. The third kappa shape index (κ3) is 2.71. The lowest BCUT2D eigenvalue weighted by molar-refractivity contribution is 0.168. The van der Waals surface area contributed by atoms with Gasteiger partial charge in [0.05, 0.1) is 11.7 Å². The van der Waals surface area contributed by atoms with Crippen molar-refractivity contribution in [3.63, 3.8) is 0 Å². The molecule has 0 aromatic heterocycles. The van der Waals surface area contributed by atoms with E-state index in [2.05, 4.69) is 42.4 Å². The molecule has 0 bridgehead atoms. The van der Waals surface area contributed by atoms with Crippen molar-refractivity contribution in [2.24, 2.45) is 5.92 Å². The molecule has 104 valence electrons. The fraction of sp³-hybridized carbons (Fsp3) is 0.625. The van der Waals surface area contributed by atoms with Crippen LogP contribution in [0.25, 0.3) is 0 Å². The van der Waals surface area contributed by atoms with E-state index in [0.717, 1.165) is 24.7 Å². The van der Waals surface area contributed by atoms with Gasteiger partial charge in [0.15, 0.2) is 0 Å². The van der Waals surface area contributed by atoms with Gasteiger partial charge < -0.3 is 15.0 Å². The van der Waals surface area contributed by atoms with Crippen molar-refractivity contribution >= 4 is 5.69 Å². The zero-order valence-electron chi connectivity index (χ0n) is 12.0. The molecule has 2 aliphatic heterocycles. The van der Waals surface area contributed by atoms with Crippen molar-refractivity contribution in [1.82, 2.24) is 4.90 Å². The lowest BCUT2D eigenvalue weighted by Crippen LogP contribution is -2.43. The van der Waals surface area contributed by atoms with Crippen molar-refractivity contribution in [3.05, 3.63) is 23.8 Å². The maximum absolute atomic E-state index is 5.94. The Hall–Kier alpha value is -1.22. The minimum absolute atomic E-state index is 0.480. The Morgan fingerprint density at radius 1 is 1.32 bits per heavy atom. The summed E-state index contributed by atoms with van der Waals surface area (Å²) in [6.45, 7) is 5.43. The predicted molar refractivity (Wildman–Crippen MR) is 78.9 cm³/mol. The predicted octanol–water partition coefficient (Wildman–Crippen LogP) is 2.76. The molecule has 0 spiro atoms. The highest BCUT2D eigenvalue weighted by atomic mass is 16.5. The third-order valence-electron chi connectivity index (χ3n) is 4.54. The van der Waals surface area contributed by atoms with Crippen molar-refractivity contribution < 1.29 is 4.74 Å². The summed E-state index contributed by atoms with van der Waals surface area (Å²) in [5, 5.41) is 3.71. The lowest BCUT2D eigenvalue weighted by atomic mass is 9.89. The number of likely N-dealkylation sites (tertiary alicyclic amines) is 1. The van der Waals surface area contributed by atoms with E-state index >= 15 is 0 Å². The maximum atomic E-state index is 5.94. The highest BCUT2D eigenvalue weighted by molar-refractivity contribution is 5.60. The van der Waals surface area contributed by atoms with Gasteiger partial charge in [-0.15, -0.1) is 0 Å². The number of ether oxygens (including phenoxy) is 1. The van der Waals surface area contributed by atoms with Gasteiger partial charge in [0, 0.05) is 0 Å². The molecule has 1 N–H and O–H groups in total. The van der Waals surface area contributed by atoms with Gasteiger partial charge in [-0.1, -0.05) is 13.0 Å². The highest BCUT2D eigenvalue weighted by Gasteiger charge is 2.29. The number of hydrogen-bond donors (Lipinski definition) is 1. The molecule has 1 atom stereocenters. The molecule has 0 radical (unpaired) electrons. The van der Waals surface area contributed by atoms with Gasteiger partial charge in [-0.25, -0.2) is 0 Å². The van der Waals surface area contributed by atoms with Crippen LogP contribution in [0.15, 0.2) is 18.2 Å². The number of aryl methyl sites for hydroxylation is 1. The van der Waals surface area contributed by atoms with Gasteiger partial charge in [0.25, 0.3) is 0 Å². The molecule has 0 saturated carbocycles. The van der Waals surface area contributed by atoms with E-state index in [4.69, 9.17) is 4.74 Å². The van der Waals surface area contributed by atoms with Crippen LogP contribution in [-0.2, 0) is 6.42 Å². The number of nitrogens with zero attached hydrogens (tertiary/aromatic N) is 1. The summed E-state index contributed by atoms with van der Waals surface area (Å²) in [6.07, 6.45) is 3.63. The monoisotopic (exact) mass is 260 g/mol. The molecule has 2 aliphatic rings. The average Bonchev–Trinajstić information content (AvgIpc) is 2.47. The van der Waals surface area contributed by atoms with Crippen molar-refractivity contribution in [3.8, 4) is 5.75 Å². The molecule has 1 fully saturated rings. The summed E-state index contributed by atoms with van der Waals surface area (Å²) >= 11 is 0. The second kappa shape index (κ2) is 5.41. The number of hydrogen-bond acceptors (Lipinski definition) is 3. The van der Waals surface area contributed by atoms with Crippen LogP contribution in [0.5, 0.6) is 5.75 Å². The largest absolute Gasteiger partial charge is 0.489 e. The van der Waals surface area contributed by atoms with E-state index in [0.29, 0.717) is 6.04 Å². The fourth-order valence-electron chi connectivity index (χ4n) is 3.14. The molecule has 1 unspecified atom stereocenters. The zero-order valence-corrected chi connectivity index (χ0v) is 12.0. The molecule has 0 aliphatic carbocycles. The third-order valence-corrected chi connectivity index (χ3v) is 4.54. The first-order chi connectivity index (χ1) is 9.26. The number of anilines is 1. The van der Waals surface area contributed by atoms with Crippen LogP contribution in [0.3, 0.4) is 0 Å². The molecule has 1 saturated heterocycles. The van der Waals surface area contributed by atoms with Crippen molar-refractivity contribution in [2.75, 3.05) is 32.1 Å². The maximum Gasteiger partial charge on any atom is 0.142 e. The summed E-state index contributed by atoms with van der Waals surface area (Å²) in [7, 11) is 2.21. The minimum Gasteiger partial charge on any atom is -0.489 e. The van der Waals surface area contributed by atoms with E-state index in [-0.39, 0.29) is 0 Å². The lowest BCUT2D eigenvalue weighted by Gasteiger charge is -2.37. The summed E-state index contributed by atoms with van der Waals surface area (Å²) in [4.78, 5) is 2.42. The van der Waals surface area contributed by atoms with E-state index in [9.17, 15) is 0 Å². The van der Waals surface area contributed by atoms with Crippen molar-refractivity contribution in [1.29, 1.82) is 0 Å². The number of benzene rings is 1. The number of fused-ring (bicyclic) bond motifs is 1. The summed E-state index contributed by atoms with van der Waals surface area (Å²) in [5.41, 5.74) is 2.56. The van der Waals surface area contributed by atoms with Gasteiger partial charge in [0.1, 0.15) is 12.4 Å². The molecule has 0 amide bonds. The van der Waals surface area contributed by atoms with Crippen LogP contribution in [0.1, 0.15) is 25.3 Å². The standard InChI is InChI=1S/C16H24N2O/c1-3-12-4-5-16-14(10-12)17-15(11-19-16)13-6-8-18(2)9-7-13/h4-5,10,13,15,17H,3,6-9,11H2,1-2H3. The van der Waals surface area contributed by atoms with E-state index in [1.54, 1.807) is 0 Å². The number of rotatable bonds is 2. The van der Waals surface area contributed by atoms with Crippen LogP contribution in [0.4, 0.5) is 5.69 Å². The molecular weight excluding hydrogens is 236 g/mol. The molecule has 3 nitrogen and oxygen atoms in total. The molecule has 1 aromatic carbocycles. The van der Waals surface area contributed by atoms with Gasteiger partial charge in [-0.05, 0) is 63.0 Å². The fourth-order valence-corrected chi connectivity index (χ4v) is 3.14. The van der Waals surface area contributed by atoms with Crippen LogP contribution >= 0.6 is 0 Å². The van der Waals surface area contributed by atoms with Crippen LogP contribution in [-0.4, -0.2) is 37.7 Å². The van der Waals surface area contributed by atoms with Crippen molar-refractivity contribution in [2.45, 2.75) is 32.2 Å². The Kier molecular flexibility index (Phi) is 3.65. The molecule has 3 heteroatoms. The van der Waals surface area contributed by atoms with Gasteiger partial charge in [-0.2, -0.15) is 0 Å². The summed E-state index contributed by atoms with van der Waals surface area (Å²) < 4.78 is 5.94. The quantitative estimate of drug-likeness (QED) is 0.885. The first-order valence-corrected chi connectivity index (χ1v) is 7.47. The van der Waals surface area contributed by atoms with E-state index in [1.807, 2.05) is 0 Å². The van der Waals surface area contributed by atoms with Crippen LogP contribution < -0.4 is 10.1 Å². The molecule has 19 heavy (non-hydrogen) atoms. The normalized spacial score (nSPS) is 24.4. The smallest absolute Gasteiger partial charge is 0.142 e. The molecule has 3 rings (SSSR count). The second-order valence-electron chi connectivity index (χ2n) is 5.89. The summed E-state index contributed by atoms with van der Waals surface area (Å²) in [6, 6.07) is 6.99. The Balaban J connectivity index is 1.70. The highest BCUT2D eigenvalue weighted by Crippen LogP contribution is 2.33.